The summed E-state index contributed by atoms with van der Waals surface area (Å²) in [5.41, 5.74) is 5.69. The number of nitrogens with two attached hydrogens (primary N) is 1. The van der Waals surface area contributed by atoms with Crippen molar-refractivity contribution in [2.75, 3.05) is 13.1 Å². The van der Waals surface area contributed by atoms with Gasteiger partial charge in [0.2, 0.25) is 11.8 Å². The highest BCUT2D eigenvalue weighted by Gasteiger charge is 2.13. The molecule has 0 spiro atoms. The van der Waals surface area contributed by atoms with Gasteiger partial charge in [0.25, 0.3) is 0 Å². The second-order valence-corrected chi connectivity index (χ2v) is 4.34. The second kappa shape index (κ2) is 7.06. The fraction of sp³-hybridized carbons (Fsp3) is 0.333. The molecule has 0 bridgehead atoms. The van der Waals surface area contributed by atoms with Crippen LogP contribution < -0.4 is 16.4 Å². The van der Waals surface area contributed by atoms with E-state index in [4.69, 9.17) is 17.3 Å². The zero-order chi connectivity index (χ0) is 14.4. The molecule has 104 valence electrons. The summed E-state index contributed by atoms with van der Waals surface area (Å²) in [5.74, 6) is -1.24. The third kappa shape index (κ3) is 4.84. The highest BCUT2D eigenvalue weighted by atomic mass is 35.5. The molecule has 0 saturated carbocycles. The number of hydrogen-bond donors (Lipinski definition) is 3. The van der Waals surface area contributed by atoms with E-state index in [0.29, 0.717) is 5.56 Å². The number of benzene rings is 1. The average molecular weight is 288 g/mol. The Morgan fingerprint density at radius 3 is 2.68 bits per heavy atom. The number of halogens is 2. The molecule has 1 rings (SSSR count). The van der Waals surface area contributed by atoms with Gasteiger partial charge in [-0.2, -0.15) is 0 Å². The molecule has 0 aliphatic carbocycles. The van der Waals surface area contributed by atoms with Gasteiger partial charge in [-0.1, -0.05) is 17.7 Å². The number of carbonyl (C=O) groups is 2. The molecule has 0 aliphatic heterocycles. The maximum absolute atomic E-state index is 12.9. The minimum atomic E-state index is -0.442. The molecular weight excluding hydrogens is 273 g/mol. The van der Waals surface area contributed by atoms with Crippen molar-refractivity contribution in [3.63, 3.8) is 0 Å². The fourth-order valence-electron chi connectivity index (χ4n) is 1.47. The third-order valence-corrected chi connectivity index (χ3v) is 2.77. The molecule has 19 heavy (non-hydrogen) atoms. The predicted molar refractivity (Wildman–Crippen MR) is 70.0 cm³/mol. The largest absolute Gasteiger partial charge is 0.348 e. The summed E-state index contributed by atoms with van der Waals surface area (Å²) in [5, 5.41) is 5.21. The van der Waals surface area contributed by atoms with E-state index >= 15 is 0 Å². The summed E-state index contributed by atoms with van der Waals surface area (Å²) in [6, 6.07) is 3.55. The van der Waals surface area contributed by atoms with Gasteiger partial charge in [-0.15, -0.1) is 0 Å². The normalized spacial score (nSPS) is 11.8. The van der Waals surface area contributed by atoms with Crippen LogP contribution in [-0.2, 0) is 9.59 Å². The summed E-state index contributed by atoms with van der Waals surface area (Å²) in [7, 11) is 0. The maximum Gasteiger partial charge on any atom is 0.239 e. The molecule has 0 aliphatic rings. The Bertz CT molecular complexity index is 482. The Kier molecular flexibility index (Phi) is 5.72. The summed E-state index contributed by atoms with van der Waals surface area (Å²) >= 11 is 5.88. The van der Waals surface area contributed by atoms with Crippen LogP contribution in [-0.4, -0.2) is 24.9 Å². The molecule has 1 aromatic rings. The number of rotatable bonds is 5. The van der Waals surface area contributed by atoms with E-state index < -0.39 is 17.8 Å². The molecule has 0 heterocycles. The Morgan fingerprint density at radius 2 is 2.11 bits per heavy atom. The van der Waals surface area contributed by atoms with Crippen LogP contribution in [0.2, 0.25) is 5.02 Å². The van der Waals surface area contributed by atoms with Crippen LogP contribution in [0, 0.1) is 5.82 Å². The topological polar surface area (TPSA) is 84.2 Å². The summed E-state index contributed by atoms with van der Waals surface area (Å²) in [6.07, 6.45) is 0. The molecule has 1 aromatic carbocycles. The monoisotopic (exact) mass is 287 g/mol. The van der Waals surface area contributed by atoms with Gasteiger partial charge in [-0.3, -0.25) is 9.59 Å². The van der Waals surface area contributed by atoms with Crippen molar-refractivity contribution < 1.29 is 14.0 Å². The van der Waals surface area contributed by atoms with E-state index in [9.17, 15) is 14.0 Å². The standard InChI is InChI=1S/C12H15ClFN3O2/c1-7(9-3-2-8(14)4-10(9)13)17-12(19)6-16-11(18)5-15/h2-4,7H,5-6,15H2,1H3,(H,16,18)(H,17,19). The van der Waals surface area contributed by atoms with Crippen molar-refractivity contribution in [1.82, 2.24) is 10.6 Å². The van der Waals surface area contributed by atoms with Crippen LogP contribution in [0.4, 0.5) is 4.39 Å². The molecule has 1 atom stereocenters. The Hall–Kier alpha value is -1.66. The van der Waals surface area contributed by atoms with Gasteiger partial charge in [0.05, 0.1) is 19.1 Å². The van der Waals surface area contributed by atoms with Crippen LogP contribution in [0.3, 0.4) is 0 Å². The summed E-state index contributed by atoms with van der Waals surface area (Å²) in [6.45, 7) is 1.37. The highest BCUT2D eigenvalue weighted by Crippen LogP contribution is 2.23. The Labute approximate surface area is 115 Å². The van der Waals surface area contributed by atoms with E-state index in [1.165, 1.54) is 18.2 Å². The first-order chi connectivity index (χ1) is 8.93. The second-order valence-electron chi connectivity index (χ2n) is 3.94. The van der Waals surface area contributed by atoms with Crippen LogP contribution in [0.25, 0.3) is 0 Å². The van der Waals surface area contributed by atoms with Gasteiger partial charge in [0, 0.05) is 5.02 Å². The number of carbonyl (C=O) groups excluding carboxylic acids is 2. The first kappa shape index (κ1) is 15.4. The molecule has 0 fully saturated rings. The van der Waals surface area contributed by atoms with Crippen molar-refractivity contribution in [2.24, 2.45) is 5.73 Å². The van der Waals surface area contributed by atoms with Crippen LogP contribution in [0.15, 0.2) is 18.2 Å². The van der Waals surface area contributed by atoms with Gasteiger partial charge >= 0.3 is 0 Å². The van der Waals surface area contributed by atoms with Gasteiger partial charge in [0.15, 0.2) is 0 Å². The van der Waals surface area contributed by atoms with Crippen molar-refractivity contribution in [3.8, 4) is 0 Å². The van der Waals surface area contributed by atoms with E-state index in [1.807, 2.05) is 0 Å². The molecule has 7 heteroatoms. The molecule has 4 N–H and O–H groups in total. The van der Waals surface area contributed by atoms with Crippen LogP contribution in [0.1, 0.15) is 18.5 Å². The van der Waals surface area contributed by atoms with Crippen molar-refractivity contribution >= 4 is 23.4 Å². The smallest absolute Gasteiger partial charge is 0.239 e. The van der Waals surface area contributed by atoms with Crippen molar-refractivity contribution in [1.29, 1.82) is 0 Å². The first-order valence-electron chi connectivity index (χ1n) is 5.65. The SMILES string of the molecule is CC(NC(=O)CNC(=O)CN)c1ccc(F)cc1Cl. The zero-order valence-electron chi connectivity index (χ0n) is 10.4. The quantitative estimate of drug-likeness (QED) is 0.746. The van der Waals surface area contributed by atoms with Crippen molar-refractivity contribution in [3.05, 3.63) is 34.6 Å². The number of amides is 2. The Morgan fingerprint density at radius 1 is 1.42 bits per heavy atom. The van der Waals surface area contributed by atoms with Crippen LogP contribution in [0.5, 0.6) is 0 Å². The van der Waals surface area contributed by atoms with E-state index in [2.05, 4.69) is 10.6 Å². The summed E-state index contributed by atoms with van der Waals surface area (Å²) in [4.78, 5) is 22.4. The lowest BCUT2D eigenvalue weighted by atomic mass is 10.1. The van der Waals surface area contributed by atoms with Gasteiger partial charge < -0.3 is 16.4 Å². The molecule has 5 nitrogen and oxygen atoms in total. The molecule has 2 amide bonds. The molecule has 1 unspecified atom stereocenters. The summed E-state index contributed by atoms with van der Waals surface area (Å²) < 4.78 is 12.9. The lowest BCUT2D eigenvalue weighted by molar-refractivity contribution is -0.125. The first-order valence-corrected chi connectivity index (χ1v) is 6.03. The number of hydrogen-bond acceptors (Lipinski definition) is 3. The predicted octanol–water partition coefficient (Wildman–Crippen LogP) is 0.731. The van der Waals surface area contributed by atoms with Crippen LogP contribution >= 0.6 is 11.6 Å². The minimum Gasteiger partial charge on any atom is -0.348 e. The number of nitrogens with one attached hydrogen (secondary N) is 2. The Balaban J connectivity index is 2.56. The van der Waals surface area contributed by atoms with E-state index in [-0.39, 0.29) is 24.0 Å². The maximum atomic E-state index is 12.9. The van der Waals surface area contributed by atoms with E-state index in [1.54, 1.807) is 6.92 Å². The van der Waals surface area contributed by atoms with Gasteiger partial charge in [-0.05, 0) is 24.6 Å². The third-order valence-electron chi connectivity index (χ3n) is 2.44. The zero-order valence-corrected chi connectivity index (χ0v) is 11.1. The van der Waals surface area contributed by atoms with Gasteiger partial charge in [0.1, 0.15) is 5.82 Å². The molecular formula is C12H15ClFN3O2. The van der Waals surface area contributed by atoms with E-state index in [0.717, 1.165) is 0 Å². The fourth-order valence-corrected chi connectivity index (χ4v) is 1.80. The van der Waals surface area contributed by atoms with Crippen molar-refractivity contribution in [2.45, 2.75) is 13.0 Å². The average Bonchev–Trinajstić information content (AvgIpc) is 2.35. The molecule has 0 radical (unpaired) electrons. The molecule has 0 aromatic heterocycles. The highest BCUT2D eigenvalue weighted by molar-refractivity contribution is 6.31. The lowest BCUT2D eigenvalue weighted by Crippen LogP contribution is -2.40. The molecule has 0 saturated heterocycles. The van der Waals surface area contributed by atoms with Gasteiger partial charge in [-0.25, -0.2) is 4.39 Å². The minimum absolute atomic E-state index is 0.167. The lowest BCUT2D eigenvalue weighted by Gasteiger charge is -2.16.